The summed E-state index contributed by atoms with van der Waals surface area (Å²) in [6.07, 6.45) is 0. The molecule has 0 aliphatic heterocycles. The summed E-state index contributed by atoms with van der Waals surface area (Å²) >= 11 is 0. The first-order chi connectivity index (χ1) is 5.94. The molecule has 0 spiro atoms. The van der Waals surface area contributed by atoms with Gasteiger partial charge in [-0.05, 0) is 0 Å². The van der Waals surface area contributed by atoms with E-state index in [2.05, 4.69) is 14.9 Å². The molecule has 0 atom stereocenters. The SMILES string of the molecule is [C-]#[N+]C(C)(C)C(=O)NCC(=O)OC. The molecule has 0 fully saturated rings. The fourth-order valence-corrected chi connectivity index (χ4v) is 0.492. The Morgan fingerprint density at radius 2 is 2.08 bits per heavy atom. The van der Waals surface area contributed by atoms with Gasteiger partial charge in [0.25, 0.3) is 0 Å². The van der Waals surface area contributed by atoms with Crippen molar-refractivity contribution in [2.75, 3.05) is 13.7 Å². The van der Waals surface area contributed by atoms with E-state index in [1.54, 1.807) is 0 Å². The Morgan fingerprint density at radius 1 is 1.54 bits per heavy atom. The fraction of sp³-hybridized carbons (Fsp3) is 0.625. The number of nitrogens with one attached hydrogen (secondary N) is 1. The number of hydrogen-bond donors (Lipinski definition) is 1. The molecule has 1 amide bonds. The van der Waals surface area contributed by atoms with Gasteiger partial charge in [0.15, 0.2) is 0 Å². The van der Waals surface area contributed by atoms with Crippen molar-refractivity contribution >= 4 is 11.9 Å². The van der Waals surface area contributed by atoms with E-state index >= 15 is 0 Å². The topological polar surface area (TPSA) is 59.8 Å². The lowest BCUT2D eigenvalue weighted by atomic mass is 10.1. The zero-order chi connectivity index (χ0) is 10.5. The molecule has 0 bridgehead atoms. The predicted octanol–water partition coefficient (Wildman–Crippen LogP) is -0.0265. The Kier molecular flexibility index (Phi) is 3.92. The minimum Gasteiger partial charge on any atom is -0.468 e. The van der Waals surface area contributed by atoms with Crippen LogP contribution in [0.15, 0.2) is 0 Å². The Morgan fingerprint density at radius 3 is 2.46 bits per heavy atom. The van der Waals surface area contributed by atoms with Gasteiger partial charge in [0.2, 0.25) is 0 Å². The Labute approximate surface area is 76.9 Å². The number of nitrogens with zero attached hydrogens (tertiary/aromatic N) is 1. The van der Waals surface area contributed by atoms with Crippen LogP contribution in [0.3, 0.4) is 0 Å². The first-order valence-electron chi connectivity index (χ1n) is 3.67. The van der Waals surface area contributed by atoms with Gasteiger partial charge in [0.05, 0.1) is 7.11 Å². The molecule has 72 valence electrons. The third-order valence-corrected chi connectivity index (χ3v) is 1.46. The van der Waals surface area contributed by atoms with E-state index in [1.165, 1.54) is 21.0 Å². The maximum Gasteiger partial charge on any atom is 0.325 e. The monoisotopic (exact) mass is 184 g/mol. The van der Waals surface area contributed by atoms with Crippen LogP contribution in [0, 0.1) is 6.57 Å². The molecule has 0 aromatic carbocycles. The highest BCUT2D eigenvalue weighted by Gasteiger charge is 2.33. The summed E-state index contributed by atoms with van der Waals surface area (Å²) in [5.74, 6) is -1.01. The first-order valence-corrected chi connectivity index (χ1v) is 3.67. The molecule has 0 saturated heterocycles. The van der Waals surface area contributed by atoms with E-state index in [-0.39, 0.29) is 6.54 Å². The maximum absolute atomic E-state index is 11.2. The molecule has 0 rings (SSSR count). The number of amides is 1. The van der Waals surface area contributed by atoms with E-state index < -0.39 is 17.4 Å². The van der Waals surface area contributed by atoms with E-state index in [1.807, 2.05) is 0 Å². The number of methoxy groups -OCH3 is 1. The second-order valence-corrected chi connectivity index (χ2v) is 2.93. The molecular weight excluding hydrogens is 172 g/mol. The van der Waals surface area contributed by atoms with Gasteiger partial charge in [-0.1, -0.05) is 0 Å². The number of ether oxygens (including phenoxy) is 1. The Balaban J connectivity index is 4.04. The molecular formula is C8H12N2O3. The van der Waals surface area contributed by atoms with Gasteiger partial charge in [-0.2, -0.15) is 0 Å². The Bertz CT molecular complexity index is 253. The van der Waals surface area contributed by atoms with Gasteiger partial charge in [-0.3, -0.25) is 9.59 Å². The lowest BCUT2D eigenvalue weighted by molar-refractivity contribution is -0.141. The minimum atomic E-state index is -1.13. The smallest absolute Gasteiger partial charge is 0.325 e. The second-order valence-electron chi connectivity index (χ2n) is 2.93. The van der Waals surface area contributed by atoms with Crippen LogP contribution in [0.1, 0.15) is 13.8 Å². The normalized spacial score (nSPS) is 10.0. The van der Waals surface area contributed by atoms with Gasteiger partial charge in [0.1, 0.15) is 6.54 Å². The summed E-state index contributed by atoms with van der Waals surface area (Å²) in [5.41, 5.74) is -1.13. The van der Waals surface area contributed by atoms with Crippen LogP contribution in [0.5, 0.6) is 0 Å². The average Bonchev–Trinajstić information content (AvgIpc) is 2.13. The molecule has 0 radical (unpaired) electrons. The van der Waals surface area contributed by atoms with Crippen LogP contribution >= 0.6 is 0 Å². The third-order valence-electron chi connectivity index (χ3n) is 1.46. The standard InChI is InChI=1S/C8H12N2O3/c1-8(2,9-3)7(12)10-5-6(11)13-4/h5H2,1-2,4H3,(H,10,12). The molecule has 5 heteroatoms. The van der Waals surface area contributed by atoms with Crippen molar-refractivity contribution in [3.8, 4) is 0 Å². The van der Waals surface area contributed by atoms with Crippen molar-refractivity contribution < 1.29 is 14.3 Å². The highest BCUT2D eigenvalue weighted by Crippen LogP contribution is 2.07. The molecule has 0 aromatic heterocycles. The highest BCUT2D eigenvalue weighted by atomic mass is 16.5. The van der Waals surface area contributed by atoms with Crippen LogP contribution in [0.4, 0.5) is 0 Å². The van der Waals surface area contributed by atoms with Crippen molar-refractivity contribution in [2.45, 2.75) is 19.4 Å². The predicted molar refractivity (Wildman–Crippen MR) is 45.7 cm³/mol. The van der Waals surface area contributed by atoms with E-state index in [9.17, 15) is 9.59 Å². The van der Waals surface area contributed by atoms with Gasteiger partial charge in [0, 0.05) is 13.8 Å². The lowest BCUT2D eigenvalue weighted by Gasteiger charge is -2.10. The average molecular weight is 184 g/mol. The van der Waals surface area contributed by atoms with Crippen molar-refractivity contribution in [1.29, 1.82) is 0 Å². The van der Waals surface area contributed by atoms with E-state index in [0.717, 1.165) is 0 Å². The van der Waals surface area contributed by atoms with Crippen LogP contribution in [-0.4, -0.2) is 31.1 Å². The third kappa shape index (κ3) is 3.56. The number of hydrogen-bond acceptors (Lipinski definition) is 3. The number of carbonyl (C=O) groups is 2. The summed E-state index contributed by atoms with van der Waals surface area (Å²) in [6.45, 7) is 9.47. The summed E-state index contributed by atoms with van der Waals surface area (Å²) in [7, 11) is 1.23. The van der Waals surface area contributed by atoms with E-state index in [0.29, 0.717) is 0 Å². The molecule has 0 heterocycles. The summed E-state index contributed by atoms with van der Waals surface area (Å²) in [4.78, 5) is 24.9. The van der Waals surface area contributed by atoms with Gasteiger partial charge >= 0.3 is 17.4 Å². The maximum atomic E-state index is 11.2. The molecule has 1 N–H and O–H groups in total. The molecule has 0 aliphatic rings. The van der Waals surface area contributed by atoms with Gasteiger partial charge < -0.3 is 14.9 Å². The van der Waals surface area contributed by atoms with Crippen molar-refractivity contribution in [3.63, 3.8) is 0 Å². The van der Waals surface area contributed by atoms with Crippen molar-refractivity contribution in [2.24, 2.45) is 0 Å². The summed E-state index contributed by atoms with van der Waals surface area (Å²) < 4.78 is 4.32. The first kappa shape index (κ1) is 11.4. The van der Waals surface area contributed by atoms with Crippen molar-refractivity contribution in [3.05, 3.63) is 11.4 Å². The van der Waals surface area contributed by atoms with E-state index in [4.69, 9.17) is 6.57 Å². The van der Waals surface area contributed by atoms with Crippen molar-refractivity contribution in [1.82, 2.24) is 5.32 Å². The van der Waals surface area contributed by atoms with Crippen LogP contribution < -0.4 is 5.32 Å². The zero-order valence-corrected chi connectivity index (χ0v) is 7.88. The fourth-order valence-electron chi connectivity index (χ4n) is 0.492. The second kappa shape index (κ2) is 4.45. The molecule has 5 nitrogen and oxygen atoms in total. The number of rotatable bonds is 3. The van der Waals surface area contributed by atoms with Crippen LogP contribution in [0.25, 0.3) is 4.85 Å². The number of carbonyl (C=O) groups excluding carboxylic acids is 2. The minimum absolute atomic E-state index is 0.200. The largest absolute Gasteiger partial charge is 0.468 e. The summed E-state index contributed by atoms with van der Waals surface area (Å²) in [5, 5.41) is 2.30. The molecule has 0 aromatic rings. The number of esters is 1. The Hall–Kier alpha value is -1.57. The van der Waals surface area contributed by atoms with Gasteiger partial charge in [-0.25, -0.2) is 6.57 Å². The molecule has 0 saturated carbocycles. The summed E-state index contributed by atoms with van der Waals surface area (Å²) in [6, 6.07) is 0. The zero-order valence-electron chi connectivity index (χ0n) is 7.88. The molecule has 0 aliphatic carbocycles. The van der Waals surface area contributed by atoms with Gasteiger partial charge in [-0.15, -0.1) is 0 Å². The molecule has 13 heavy (non-hydrogen) atoms. The lowest BCUT2D eigenvalue weighted by Crippen LogP contribution is -2.42. The molecule has 0 unspecified atom stereocenters. The highest BCUT2D eigenvalue weighted by molar-refractivity contribution is 5.89. The van der Waals surface area contributed by atoms with Crippen LogP contribution in [0.2, 0.25) is 0 Å². The van der Waals surface area contributed by atoms with Crippen LogP contribution in [-0.2, 0) is 14.3 Å². The quantitative estimate of drug-likeness (QED) is 0.495.